The molecule has 0 amide bonds. The minimum atomic E-state index is -0.0341. The summed E-state index contributed by atoms with van der Waals surface area (Å²) in [6.45, 7) is 7.83. The predicted molar refractivity (Wildman–Crippen MR) is 71.8 cm³/mol. The van der Waals surface area contributed by atoms with Gasteiger partial charge in [-0.05, 0) is 38.8 Å². The molecule has 5 heteroatoms. The maximum atomic E-state index is 11.5. The lowest BCUT2D eigenvalue weighted by atomic mass is 10.3. The normalized spacial score (nSPS) is 10.8. The Balaban J connectivity index is 2.09. The third-order valence-corrected chi connectivity index (χ3v) is 2.60. The summed E-state index contributed by atoms with van der Waals surface area (Å²) < 4.78 is 6.74. The lowest BCUT2D eigenvalue weighted by Crippen LogP contribution is -2.29. The van der Waals surface area contributed by atoms with Gasteiger partial charge in [-0.25, -0.2) is 4.68 Å². The monoisotopic (exact) mass is 253 g/mol. The van der Waals surface area contributed by atoms with Crippen LogP contribution in [0.3, 0.4) is 0 Å². The number of unbranched alkanes of at least 4 members (excludes halogenated alkanes) is 1. The average Bonchev–Trinajstić information content (AvgIpc) is 2.35. The SMILES string of the molecule is CCOCCCCNCCn1ncc(C)cc1=O. The Morgan fingerprint density at radius 2 is 2.22 bits per heavy atom. The molecule has 1 aromatic rings. The van der Waals surface area contributed by atoms with Crippen LogP contribution in [0.25, 0.3) is 0 Å². The zero-order valence-corrected chi connectivity index (χ0v) is 11.3. The number of nitrogens with zero attached hydrogens (tertiary/aromatic N) is 2. The van der Waals surface area contributed by atoms with Gasteiger partial charge in [0.2, 0.25) is 0 Å². The van der Waals surface area contributed by atoms with Crippen molar-refractivity contribution in [1.82, 2.24) is 15.1 Å². The fraction of sp³-hybridized carbons (Fsp3) is 0.692. The third kappa shape index (κ3) is 5.93. The molecule has 1 aromatic heterocycles. The van der Waals surface area contributed by atoms with Gasteiger partial charge in [-0.2, -0.15) is 5.10 Å². The van der Waals surface area contributed by atoms with E-state index in [4.69, 9.17) is 4.74 Å². The largest absolute Gasteiger partial charge is 0.382 e. The van der Waals surface area contributed by atoms with Gasteiger partial charge in [0.15, 0.2) is 0 Å². The quantitative estimate of drug-likeness (QED) is 0.666. The Morgan fingerprint density at radius 3 is 2.94 bits per heavy atom. The number of aromatic nitrogens is 2. The van der Waals surface area contributed by atoms with Crippen LogP contribution >= 0.6 is 0 Å². The Bertz CT molecular complexity index is 390. The topological polar surface area (TPSA) is 56.1 Å². The summed E-state index contributed by atoms with van der Waals surface area (Å²) in [7, 11) is 0. The lowest BCUT2D eigenvalue weighted by Gasteiger charge is -2.06. The number of aryl methyl sites for hydroxylation is 1. The van der Waals surface area contributed by atoms with Gasteiger partial charge in [-0.3, -0.25) is 4.79 Å². The van der Waals surface area contributed by atoms with E-state index in [1.165, 1.54) is 4.68 Å². The van der Waals surface area contributed by atoms with E-state index >= 15 is 0 Å². The highest BCUT2D eigenvalue weighted by Gasteiger charge is 1.97. The van der Waals surface area contributed by atoms with Crippen LogP contribution in [0.15, 0.2) is 17.1 Å². The van der Waals surface area contributed by atoms with Gasteiger partial charge in [0, 0.05) is 25.8 Å². The van der Waals surface area contributed by atoms with Gasteiger partial charge in [-0.1, -0.05) is 0 Å². The van der Waals surface area contributed by atoms with Crippen molar-refractivity contribution in [3.63, 3.8) is 0 Å². The Kier molecular flexibility index (Phi) is 7.29. The average molecular weight is 253 g/mol. The standard InChI is InChI=1S/C13H23N3O2/c1-3-18-9-5-4-6-14-7-8-16-13(17)10-12(2)11-15-16/h10-11,14H,3-9H2,1-2H3. The number of hydrogen-bond acceptors (Lipinski definition) is 4. The second-order valence-corrected chi connectivity index (χ2v) is 4.25. The van der Waals surface area contributed by atoms with Crippen molar-refractivity contribution < 1.29 is 4.74 Å². The third-order valence-electron chi connectivity index (χ3n) is 2.60. The van der Waals surface area contributed by atoms with Gasteiger partial charge < -0.3 is 10.1 Å². The van der Waals surface area contributed by atoms with Gasteiger partial charge in [-0.15, -0.1) is 0 Å². The van der Waals surface area contributed by atoms with Crippen molar-refractivity contribution in [3.8, 4) is 0 Å². The molecule has 0 atom stereocenters. The predicted octanol–water partition coefficient (Wildman–Crippen LogP) is 0.958. The molecule has 1 rings (SSSR count). The molecule has 1 N–H and O–H groups in total. The summed E-state index contributed by atoms with van der Waals surface area (Å²) in [6.07, 6.45) is 3.88. The molecule has 0 aromatic carbocycles. The maximum absolute atomic E-state index is 11.5. The van der Waals surface area contributed by atoms with E-state index in [2.05, 4.69) is 10.4 Å². The Morgan fingerprint density at radius 1 is 1.39 bits per heavy atom. The van der Waals surface area contributed by atoms with Crippen LogP contribution in [0.2, 0.25) is 0 Å². The molecule has 0 aliphatic carbocycles. The fourth-order valence-electron chi connectivity index (χ4n) is 1.60. The molecule has 0 saturated heterocycles. The molecule has 1 heterocycles. The molecule has 18 heavy (non-hydrogen) atoms. The molecule has 0 fully saturated rings. The number of ether oxygens (including phenoxy) is 1. The second kappa shape index (κ2) is 8.83. The van der Waals surface area contributed by atoms with Crippen LogP contribution in [-0.2, 0) is 11.3 Å². The van der Waals surface area contributed by atoms with Crippen molar-refractivity contribution >= 4 is 0 Å². The van der Waals surface area contributed by atoms with Crippen LogP contribution in [0.5, 0.6) is 0 Å². The van der Waals surface area contributed by atoms with Gasteiger partial charge >= 0.3 is 0 Å². The van der Waals surface area contributed by atoms with Crippen molar-refractivity contribution in [1.29, 1.82) is 0 Å². The molecule has 0 unspecified atom stereocenters. The molecule has 0 saturated carbocycles. The highest BCUT2D eigenvalue weighted by molar-refractivity contribution is 5.02. The molecular formula is C13H23N3O2. The number of nitrogens with one attached hydrogen (secondary N) is 1. The van der Waals surface area contributed by atoms with E-state index in [1.807, 2.05) is 13.8 Å². The van der Waals surface area contributed by atoms with Crippen LogP contribution in [0.1, 0.15) is 25.3 Å². The first kappa shape index (κ1) is 14.9. The first-order valence-corrected chi connectivity index (χ1v) is 6.56. The van der Waals surface area contributed by atoms with E-state index < -0.39 is 0 Å². The Hall–Kier alpha value is -1.20. The van der Waals surface area contributed by atoms with Crippen LogP contribution in [0.4, 0.5) is 0 Å². The minimum Gasteiger partial charge on any atom is -0.382 e. The van der Waals surface area contributed by atoms with E-state index in [1.54, 1.807) is 12.3 Å². The Labute approximate surface area is 108 Å². The summed E-state index contributed by atoms with van der Waals surface area (Å²) >= 11 is 0. The number of hydrogen-bond donors (Lipinski definition) is 1. The number of rotatable bonds is 9. The summed E-state index contributed by atoms with van der Waals surface area (Å²) in [4.78, 5) is 11.5. The van der Waals surface area contributed by atoms with Crippen molar-refractivity contribution in [3.05, 3.63) is 28.2 Å². The van der Waals surface area contributed by atoms with Gasteiger partial charge in [0.1, 0.15) is 0 Å². The summed E-state index contributed by atoms with van der Waals surface area (Å²) in [5.74, 6) is 0. The van der Waals surface area contributed by atoms with E-state index in [0.717, 1.165) is 44.7 Å². The van der Waals surface area contributed by atoms with Gasteiger partial charge in [0.25, 0.3) is 5.56 Å². The zero-order chi connectivity index (χ0) is 13.2. The summed E-state index contributed by atoms with van der Waals surface area (Å²) in [6, 6.07) is 1.61. The highest BCUT2D eigenvalue weighted by Crippen LogP contribution is 1.89. The summed E-state index contributed by atoms with van der Waals surface area (Å²) in [5, 5.41) is 7.38. The molecule has 5 nitrogen and oxygen atoms in total. The molecule has 0 radical (unpaired) electrons. The van der Waals surface area contributed by atoms with E-state index in [9.17, 15) is 4.79 Å². The van der Waals surface area contributed by atoms with E-state index in [-0.39, 0.29) is 5.56 Å². The first-order valence-electron chi connectivity index (χ1n) is 6.56. The molecule has 0 aliphatic rings. The lowest BCUT2D eigenvalue weighted by molar-refractivity contribution is 0.143. The first-order chi connectivity index (χ1) is 8.74. The molecule has 0 spiro atoms. The molecule has 0 bridgehead atoms. The van der Waals surface area contributed by atoms with Crippen LogP contribution < -0.4 is 10.9 Å². The summed E-state index contributed by atoms with van der Waals surface area (Å²) in [5.41, 5.74) is 0.869. The smallest absolute Gasteiger partial charge is 0.267 e. The highest BCUT2D eigenvalue weighted by atomic mass is 16.5. The van der Waals surface area contributed by atoms with Crippen molar-refractivity contribution in [2.75, 3.05) is 26.3 Å². The maximum Gasteiger partial charge on any atom is 0.267 e. The van der Waals surface area contributed by atoms with Crippen molar-refractivity contribution in [2.24, 2.45) is 0 Å². The molecule has 102 valence electrons. The zero-order valence-electron chi connectivity index (χ0n) is 11.3. The van der Waals surface area contributed by atoms with E-state index in [0.29, 0.717) is 6.54 Å². The minimum absolute atomic E-state index is 0.0341. The van der Waals surface area contributed by atoms with Crippen LogP contribution in [0, 0.1) is 6.92 Å². The molecule has 0 aliphatic heterocycles. The second-order valence-electron chi connectivity index (χ2n) is 4.25. The molecular weight excluding hydrogens is 230 g/mol. The fourth-order valence-corrected chi connectivity index (χ4v) is 1.60. The van der Waals surface area contributed by atoms with Crippen molar-refractivity contribution in [2.45, 2.75) is 33.2 Å². The van der Waals surface area contributed by atoms with Crippen LogP contribution in [-0.4, -0.2) is 36.1 Å². The van der Waals surface area contributed by atoms with Gasteiger partial charge in [0.05, 0.1) is 12.7 Å².